The fourth-order valence-corrected chi connectivity index (χ4v) is 3.70. The zero-order chi connectivity index (χ0) is 17.4. The zero-order valence-corrected chi connectivity index (χ0v) is 14.0. The number of rotatable bonds is 4. The summed E-state index contributed by atoms with van der Waals surface area (Å²) < 4.78 is 5.50. The Kier molecular flexibility index (Phi) is 3.93. The maximum atomic E-state index is 11.6. The van der Waals surface area contributed by atoms with Gasteiger partial charge in [-0.05, 0) is 42.8 Å². The van der Waals surface area contributed by atoms with Crippen LogP contribution in [0.5, 0.6) is 5.75 Å². The van der Waals surface area contributed by atoms with Crippen LogP contribution in [-0.4, -0.2) is 23.6 Å². The Morgan fingerprint density at radius 2 is 2.00 bits per heavy atom. The number of carbonyl (C=O) groups is 1. The summed E-state index contributed by atoms with van der Waals surface area (Å²) in [6.07, 6.45) is 0.467. The summed E-state index contributed by atoms with van der Waals surface area (Å²) in [6, 6.07) is 15.2. The number of benzene rings is 2. The third-order valence-corrected chi connectivity index (χ3v) is 4.86. The Bertz CT molecular complexity index is 914. The number of hydrogen-bond donors (Lipinski definition) is 2. The minimum absolute atomic E-state index is 0.102. The molecule has 25 heavy (non-hydrogen) atoms. The molecule has 1 aliphatic heterocycles. The molecular weight excluding hydrogens is 316 g/mol. The van der Waals surface area contributed by atoms with Crippen LogP contribution < -0.4 is 15.2 Å². The summed E-state index contributed by atoms with van der Waals surface area (Å²) in [7, 11) is 0. The predicted molar refractivity (Wildman–Crippen MR) is 92.2 cm³/mol. The molecule has 2 heterocycles. The van der Waals surface area contributed by atoms with E-state index in [9.17, 15) is 9.90 Å². The SMILES string of the molecule is CCOc1ccc([C@H]2[NH2+][C@H](C(=O)[O-])Cc3c2[nH]c2ccccc32)cc1. The lowest BCUT2D eigenvalue weighted by molar-refractivity contribution is -0.717. The molecule has 0 fully saturated rings. The van der Waals surface area contributed by atoms with E-state index in [1.807, 2.05) is 60.8 Å². The van der Waals surface area contributed by atoms with Crippen molar-refractivity contribution < 1.29 is 20.0 Å². The van der Waals surface area contributed by atoms with E-state index in [-0.39, 0.29) is 6.04 Å². The third-order valence-electron chi connectivity index (χ3n) is 4.86. The standard InChI is InChI=1S/C20H20N2O3/c1-2-25-13-9-7-12(8-10-13)18-19-15(11-17(22-18)20(23)24)14-5-3-4-6-16(14)21-19/h3-10,17-18,21-22H,2,11H2,1H3,(H,23,24)/t17-,18+/m0/s1. The molecule has 128 valence electrons. The van der Waals surface area contributed by atoms with Gasteiger partial charge in [0.1, 0.15) is 11.8 Å². The minimum atomic E-state index is -1.02. The number of aliphatic carboxylic acids is 1. The van der Waals surface area contributed by atoms with Gasteiger partial charge in [-0.25, -0.2) is 0 Å². The Morgan fingerprint density at radius 3 is 2.72 bits per heavy atom. The van der Waals surface area contributed by atoms with Crippen LogP contribution in [0, 0.1) is 0 Å². The van der Waals surface area contributed by atoms with E-state index in [0.29, 0.717) is 13.0 Å². The number of aromatic amines is 1. The molecule has 0 aliphatic carbocycles. The lowest BCUT2D eigenvalue weighted by Crippen LogP contribution is -2.95. The van der Waals surface area contributed by atoms with Gasteiger partial charge >= 0.3 is 0 Å². The number of carboxylic acid groups (broad SMARTS) is 1. The minimum Gasteiger partial charge on any atom is -0.544 e. The van der Waals surface area contributed by atoms with E-state index >= 15 is 0 Å². The molecule has 0 saturated carbocycles. The second-order valence-corrected chi connectivity index (χ2v) is 6.36. The van der Waals surface area contributed by atoms with Crippen molar-refractivity contribution in [2.45, 2.75) is 25.4 Å². The number of aromatic nitrogens is 1. The number of nitrogens with two attached hydrogens (primary N) is 1. The van der Waals surface area contributed by atoms with Crippen LogP contribution in [0.3, 0.4) is 0 Å². The number of para-hydroxylation sites is 1. The first-order chi connectivity index (χ1) is 12.2. The van der Waals surface area contributed by atoms with Gasteiger partial charge in [-0.2, -0.15) is 0 Å². The van der Waals surface area contributed by atoms with Gasteiger partial charge in [0.05, 0.1) is 18.3 Å². The van der Waals surface area contributed by atoms with Crippen molar-refractivity contribution in [1.29, 1.82) is 0 Å². The lowest BCUT2D eigenvalue weighted by Gasteiger charge is -2.29. The van der Waals surface area contributed by atoms with Crippen LogP contribution in [0.1, 0.15) is 29.8 Å². The summed E-state index contributed by atoms with van der Waals surface area (Å²) in [4.78, 5) is 15.1. The topological polar surface area (TPSA) is 81.8 Å². The maximum absolute atomic E-state index is 11.6. The van der Waals surface area contributed by atoms with Crippen molar-refractivity contribution in [1.82, 2.24) is 4.98 Å². The second-order valence-electron chi connectivity index (χ2n) is 6.36. The molecule has 0 bridgehead atoms. The summed E-state index contributed by atoms with van der Waals surface area (Å²) in [6.45, 7) is 2.57. The molecule has 1 aromatic heterocycles. The van der Waals surface area contributed by atoms with Crippen molar-refractivity contribution >= 4 is 16.9 Å². The van der Waals surface area contributed by atoms with Crippen LogP contribution >= 0.6 is 0 Å². The zero-order valence-electron chi connectivity index (χ0n) is 14.0. The van der Waals surface area contributed by atoms with E-state index in [0.717, 1.165) is 33.5 Å². The Morgan fingerprint density at radius 1 is 1.24 bits per heavy atom. The van der Waals surface area contributed by atoms with Crippen molar-refractivity contribution in [3.05, 3.63) is 65.4 Å². The summed E-state index contributed by atoms with van der Waals surface area (Å²) in [5.41, 5.74) is 4.23. The number of hydrogen-bond acceptors (Lipinski definition) is 3. The van der Waals surface area contributed by atoms with Gasteiger partial charge in [-0.1, -0.05) is 18.2 Å². The number of carbonyl (C=O) groups excluding carboxylic acids is 1. The number of H-pyrrole nitrogens is 1. The molecule has 4 rings (SSSR count). The quantitative estimate of drug-likeness (QED) is 0.742. The largest absolute Gasteiger partial charge is 0.544 e. The van der Waals surface area contributed by atoms with Crippen LogP contribution in [-0.2, 0) is 11.2 Å². The molecule has 0 radical (unpaired) electrons. The van der Waals surface area contributed by atoms with Gasteiger partial charge in [0.25, 0.3) is 0 Å². The number of quaternary nitrogens is 1. The van der Waals surface area contributed by atoms with Crippen molar-refractivity contribution in [2.24, 2.45) is 0 Å². The Hall–Kier alpha value is -2.79. The molecule has 5 heteroatoms. The van der Waals surface area contributed by atoms with Crippen LogP contribution in [0.15, 0.2) is 48.5 Å². The molecule has 3 aromatic rings. The van der Waals surface area contributed by atoms with Gasteiger partial charge in [0, 0.05) is 22.9 Å². The lowest BCUT2D eigenvalue weighted by atomic mass is 9.90. The van der Waals surface area contributed by atoms with Crippen LogP contribution in [0.4, 0.5) is 0 Å². The fraction of sp³-hybridized carbons (Fsp3) is 0.250. The molecule has 0 amide bonds. The highest BCUT2D eigenvalue weighted by atomic mass is 16.5. The highest BCUT2D eigenvalue weighted by Gasteiger charge is 2.34. The van der Waals surface area contributed by atoms with Crippen LogP contribution in [0.25, 0.3) is 10.9 Å². The van der Waals surface area contributed by atoms with E-state index < -0.39 is 12.0 Å². The molecule has 3 N–H and O–H groups in total. The first kappa shape index (κ1) is 15.7. The number of ether oxygens (including phenoxy) is 1. The van der Waals surface area contributed by atoms with Crippen molar-refractivity contribution in [2.75, 3.05) is 6.61 Å². The Labute approximate surface area is 145 Å². The normalized spacial score (nSPS) is 19.6. The monoisotopic (exact) mass is 336 g/mol. The van der Waals surface area contributed by atoms with Gasteiger partial charge in [-0.3, -0.25) is 0 Å². The molecule has 5 nitrogen and oxygen atoms in total. The molecular formula is C20H20N2O3. The number of fused-ring (bicyclic) bond motifs is 3. The van der Waals surface area contributed by atoms with Gasteiger partial charge in [0.15, 0.2) is 6.04 Å². The van der Waals surface area contributed by atoms with Crippen molar-refractivity contribution in [3.63, 3.8) is 0 Å². The first-order valence-corrected chi connectivity index (χ1v) is 8.55. The summed E-state index contributed by atoms with van der Waals surface area (Å²) >= 11 is 0. The predicted octanol–water partition coefficient (Wildman–Crippen LogP) is 0.894. The number of carboxylic acids is 1. The summed E-state index contributed by atoms with van der Waals surface area (Å²) in [5.74, 6) is -0.206. The van der Waals surface area contributed by atoms with E-state index in [2.05, 4.69) is 4.98 Å². The molecule has 2 aromatic carbocycles. The highest BCUT2D eigenvalue weighted by Crippen LogP contribution is 2.32. The van der Waals surface area contributed by atoms with Gasteiger partial charge < -0.3 is 24.9 Å². The molecule has 0 saturated heterocycles. The van der Waals surface area contributed by atoms with Crippen molar-refractivity contribution in [3.8, 4) is 5.75 Å². The first-order valence-electron chi connectivity index (χ1n) is 8.55. The van der Waals surface area contributed by atoms with E-state index in [4.69, 9.17) is 4.74 Å². The third kappa shape index (κ3) is 2.76. The van der Waals surface area contributed by atoms with E-state index in [1.165, 1.54) is 0 Å². The molecule has 0 spiro atoms. The smallest absolute Gasteiger partial charge is 0.153 e. The average molecular weight is 336 g/mol. The summed E-state index contributed by atoms with van der Waals surface area (Å²) in [5, 5.41) is 14.5. The molecule has 1 aliphatic rings. The van der Waals surface area contributed by atoms with E-state index in [1.54, 1.807) is 0 Å². The molecule has 2 atom stereocenters. The maximum Gasteiger partial charge on any atom is 0.153 e. The van der Waals surface area contributed by atoms with Gasteiger partial charge in [0.2, 0.25) is 0 Å². The second kappa shape index (κ2) is 6.26. The molecule has 0 unspecified atom stereocenters. The average Bonchev–Trinajstić information content (AvgIpc) is 3.00. The fourth-order valence-electron chi connectivity index (χ4n) is 3.70. The van der Waals surface area contributed by atoms with Gasteiger partial charge in [-0.15, -0.1) is 0 Å². The highest BCUT2D eigenvalue weighted by molar-refractivity contribution is 5.86. The Balaban J connectivity index is 1.80. The van der Waals surface area contributed by atoms with Crippen LogP contribution in [0.2, 0.25) is 0 Å². The number of nitrogens with one attached hydrogen (secondary N) is 1.